The summed E-state index contributed by atoms with van der Waals surface area (Å²) in [5.74, 6) is 1.94. The molecule has 0 aliphatic rings. The second-order valence-electron chi connectivity index (χ2n) is 3.28. The Morgan fingerprint density at radius 2 is 2.00 bits per heavy atom. The highest BCUT2D eigenvalue weighted by Gasteiger charge is 2.07. The van der Waals surface area contributed by atoms with Gasteiger partial charge >= 0.3 is 0 Å². The second-order valence-corrected chi connectivity index (χ2v) is 3.28. The summed E-state index contributed by atoms with van der Waals surface area (Å²) in [6.07, 6.45) is 0.600. The van der Waals surface area contributed by atoms with Crippen LogP contribution in [0.15, 0.2) is 28.8 Å². The molecule has 0 unspecified atom stereocenters. The third-order valence-electron chi connectivity index (χ3n) is 2.17. The maximum Gasteiger partial charge on any atom is 0.228 e. The van der Waals surface area contributed by atoms with E-state index in [-0.39, 0.29) is 12.4 Å². The van der Waals surface area contributed by atoms with Gasteiger partial charge in [-0.25, -0.2) is 0 Å². The van der Waals surface area contributed by atoms with Crippen molar-refractivity contribution in [3.05, 3.63) is 30.2 Å². The summed E-state index contributed by atoms with van der Waals surface area (Å²) in [5, 5.41) is 3.88. The Morgan fingerprint density at radius 1 is 1.29 bits per heavy atom. The highest BCUT2D eigenvalue weighted by molar-refractivity contribution is 5.85. The normalized spacial score (nSPS) is 9.76. The summed E-state index contributed by atoms with van der Waals surface area (Å²) in [6.45, 7) is 0.504. The predicted molar refractivity (Wildman–Crippen MR) is 66.3 cm³/mol. The van der Waals surface area contributed by atoms with Crippen LogP contribution in [0, 0.1) is 0 Å². The number of hydrogen-bond donors (Lipinski definition) is 1. The first-order valence-corrected chi connectivity index (χ1v) is 5.00. The van der Waals surface area contributed by atoms with Gasteiger partial charge in [-0.15, -0.1) is 12.4 Å². The van der Waals surface area contributed by atoms with E-state index in [9.17, 15) is 0 Å². The lowest BCUT2D eigenvalue weighted by Crippen LogP contribution is -2.02. The zero-order valence-corrected chi connectivity index (χ0v) is 10.2. The molecule has 0 amide bonds. The molecule has 0 radical (unpaired) electrons. The van der Waals surface area contributed by atoms with Gasteiger partial charge in [0.1, 0.15) is 5.75 Å². The SMILES string of the molecule is COc1ccc(-c2noc(CCN)n2)cc1.Cl. The number of methoxy groups -OCH3 is 1. The molecule has 5 nitrogen and oxygen atoms in total. The Bertz CT molecular complexity index is 456. The van der Waals surface area contributed by atoms with Crippen LogP contribution in [0.5, 0.6) is 5.75 Å². The molecule has 0 bridgehead atoms. The van der Waals surface area contributed by atoms with Gasteiger partial charge in [0, 0.05) is 18.5 Å². The molecular weight excluding hydrogens is 242 g/mol. The van der Waals surface area contributed by atoms with E-state index in [2.05, 4.69) is 10.1 Å². The molecule has 2 N–H and O–H groups in total. The first-order valence-electron chi connectivity index (χ1n) is 5.00. The van der Waals surface area contributed by atoms with Crippen LogP contribution < -0.4 is 10.5 Å². The van der Waals surface area contributed by atoms with Crippen molar-refractivity contribution in [2.75, 3.05) is 13.7 Å². The summed E-state index contributed by atoms with van der Waals surface area (Å²) in [5.41, 5.74) is 6.30. The number of hydrogen-bond acceptors (Lipinski definition) is 5. The molecule has 1 aromatic carbocycles. The molecule has 0 aliphatic carbocycles. The maximum atomic E-state index is 5.40. The van der Waals surface area contributed by atoms with E-state index in [0.717, 1.165) is 11.3 Å². The number of benzene rings is 1. The quantitative estimate of drug-likeness (QED) is 0.900. The highest BCUT2D eigenvalue weighted by atomic mass is 35.5. The van der Waals surface area contributed by atoms with Crippen molar-refractivity contribution in [1.29, 1.82) is 0 Å². The summed E-state index contributed by atoms with van der Waals surface area (Å²) >= 11 is 0. The van der Waals surface area contributed by atoms with Crippen LogP contribution in [0.2, 0.25) is 0 Å². The van der Waals surface area contributed by atoms with Crippen molar-refractivity contribution in [1.82, 2.24) is 10.1 Å². The zero-order chi connectivity index (χ0) is 11.4. The minimum Gasteiger partial charge on any atom is -0.497 e. The molecule has 0 saturated carbocycles. The van der Waals surface area contributed by atoms with Crippen LogP contribution in [0.3, 0.4) is 0 Å². The summed E-state index contributed by atoms with van der Waals surface area (Å²) in [4.78, 5) is 4.23. The van der Waals surface area contributed by atoms with Gasteiger partial charge in [0.05, 0.1) is 7.11 Å². The molecule has 0 atom stereocenters. The average Bonchev–Trinajstić information content (AvgIpc) is 2.78. The molecule has 1 aromatic heterocycles. The van der Waals surface area contributed by atoms with E-state index in [1.807, 2.05) is 24.3 Å². The fourth-order valence-corrected chi connectivity index (χ4v) is 1.34. The van der Waals surface area contributed by atoms with Gasteiger partial charge in [0.2, 0.25) is 11.7 Å². The zero-order valence-electron chi connectivity index (χ0n) is 9.42. The highest BCUT2D eigenvalue weighted by Crippen LogP contribution is 2.19. The summed E-state index contributed by atoms with van der Waals surface area (Å²) in [6, 6.07) is 7.48. The van der Waals surface area contributed by atoms with Gasteiger partial charge in [-0.2, -0.15) is 4.98 Å². The van der Waals surface area contributed by atoms with Gasteiger partial charge in [-0.05, 0) is 24.3 Å². The molecule has 0 aliphatic heterocycles. The summed E-state index contributed by atoms with van der Waals surface area (Å²) < 4.78 is 10.1. The van der Waals surface area contributed by atoms with Crippen LogP contribution in [-0.4, -0.2) is 23.8 Å². The lowest BCUT2D eigenvalue weighted by molar-refractivity contribution is 0.380. The molecule has 2 aromatic rings. The van der Waals surface area contributed by atoms with Gasteiger partial charge in [0.15, 0.2) is 0 Å². The molecule has 6 heteroatoms. The van der Waals surface area contributed by atoms with E-state index in [0.29, 0.717) is 24.7 Å². The third kappa shape index (κ3) is 3.18. The predicted octanol–water partition coefficient (Wildman–Crippen LogP) is 1.67. The van der Waals surface area contributed by atoms with Gasteiger partial charge in [0.25, 0.3) is 0 Å². The Kier molecular flexibility index (Phi) is 4.93. The molecule has 1 heterocycles. The molecule has 0 spiro atoms. The van der Waals surface area contributed by atoms with Crippen molar-refractivity contribution in [3.63, 3.8) is 0 Å². The Hall–Kier alpha value is -1.59. The molecule has 17 heavy (non-hydrogen) atoms. The molecule has 0 saturated heterocycles. The van der Waals surface area contributed by atoms with Crippen LogP contribution >= 0.6 is 12.4 Å². The van der Waals surface area contributed by atoms with Crippen molar-refractivity contribution in [2.24, 2.45) is 5.73 Å². The number of nitrogens with zero attached hydrogens (tertiary/aromatic N) is 2. The van der Waals surface area contributed by atoms with Crippen molar-refractivity contribution < 1.29 is 9.26 Å². The summed E-state index contributed by atoms with van der Waals surface area (Å²) in [7, 11) is 1.63. The van der Waals surface area contributed by atoms with Crippen molar-refractivity contribution in [2.45, 2.75) is 6.42 Å². The van der Waals surface area contributed by atoms with E-state index in [1.54, 1.807) is 7.11 Å². The smallest absolute Gasteiger partial charge is 0.228 e. The number of halogens is 1. The monoisotopic (exact) mass is 255 g/mol. The molecule has 2 rings (SSSR count). The van der Waals surface area contributed by atoms with Gasteiger partial charge in [-0.1, -0.05) is 5.16 Å². The van der Waals surface area contributed by atoms with Crippen LogP contribution in [0.4, 0.5) is 0 Å². The van der Waals surface area contributed by atoms with E-state index < -0.39 is 0 Å². The van der Waals surface area contributed by atoms with Crippen molar-refractivity contribution in [3.8, 4) is 17.1 Å². The largest absolute Gasteiger partial charge is 0.497 e. The minimum atomic E-state index is 0. The molecular formula is C11H14ClN3O2. The van der Waals surface area contributed by atoms with Gasteiger partial charge in [-0.3, -0.25) is 0 Å². The van der Waals surface area contributed by atoms with Crippen LogP contribution in [0.25, 0.3) is 11.4 Å². The first kappa shape index (κ1) is 13.5. The van der Waals surface area contributed by atoms with Crippen LogP contribution in [0.1, 0.15) is 5.89 Å². The fourth-order valence-electron chi connectivity index (χ4n) is 1.34. The first-order chi connectivity index (χ1) is 7.83. The topological polar surface area (TPSA) is 74.2 Å². The Labute approximate surface area is 105 Å². The number of aromatic nitrogens is 2. The number of nitrogens with two attached hydrogens (primary N) is 1. The Balaban J connectivity index is 0.00000144. The average molecular weight is 256 g/mol. The van der Waals surface area contributed by atoms with E-state index >= 15 is 0 Å². The molecule has 92 valence electrons. The van der Waals surface area contributed by atoms with E-state index in [1.165, 1.54) is 0 Å². The van der Waals surface area contributed by atoms with E-state index in [4.69, 9.17) is 15.0 Å². The second kappa shape index (κ2) is 6.22. The Morgan fingerprint density at radius 3 is 2.59 bits per heavy atom. The lowest BCUT2D eigenvalue weighted by Gasteiger charge is -1.98. The van der Waals surface area contributed by atoms with Crippen molar-refractivity contribution >= 4 is 12.4 Å². The fraction of sp³-hybridized carbons (Fsp3) is 0.273. The van der Waals surface area contributed by atoms with Crippen LogP contribution in [-0.2, 0) is 6.42 Å². The maximum absolute atomic E-state index is 5.40. The number of ether oxygens (including phenoxy) is 1. The third-order valence-corrected chi connectivity index (χ3v) is 2.17. The number of rotatable bonds is 4. The minimum absolute atomic E-state index is 0. The van der Waals surface area contributed by atoms with Gasteiger partial charge < -0.3 is 15.0 Å². The molecule has 0 fully saturated rings. The lowest BCUT2D eigenvalue weighted by atomic mass is 10.2. The standard InChI is InChI=1S/C11H13N3O2.ClH/c1-15-9-4-2-8(3-5-9)11-13-10(6-7-12)16-14-11;/h2-5H,6-7,12H2,1H3;1H.